The Hall–Kier alpha value is -1.71. The maximum atomic E-state index is 12.4. The number of ether oxygens (including phenoxy) is 1. The highest BCUT2D eigenvalue weighted by Crippen LogP contribution is 2.43. The topological polar surface area (TPSA) is 50.4 Å². The molecule has 2 aliphatic rings. The largest absolute Gasteiger partial charge is 0.491 e. The van der Waals surface area contributed by atoms with Crippen LogP contribution in [0.25, 0.3) is 0 Å². The molecule has 19 heavy (non-hydrogen) atoms. The Labute approximate surface area is 113 Å². The van der Waals surface area contributed by atoms with Gasteiger partial charge in [-0.25, -0.2) is 0 Å². The first-order valence-corrected chi connectivity index (χ1v) is 7.11. The van der Waals surface area contributed by atoms with E-state index in [1.54, 1.807) is 0 Å². The molecule has 1 aromatic carbocycles. The molecule has 0 bridgehead atoms. The predicted molar refractivity (Wildman–Crippen MR) is 75.7 cm³/mol. The minimum absolute atomic E-state index is 0.0880. The van der Waals surface area contributed by atoms with Crippen LogP contribution in [-0.4, -0.2) is 18.1 Å². The van der Waals surface area contributed by atoms with E-state index >= 15 is 0 Å². The van der Waals surface area contributed by atoms with Crippen LogP contribution < -0.4 is 15.4 Å². The minimum Gasteiger partial charge on any atom is -0.491 e. The number of fused-ring (bicyclic) bond motifs is 1. The van der Waals surface area contributed by atoms with Crippen LogP contribution in [-0.2, 0) is 4.79 Å². The number of nitrogens with one attached hydrogen (secondary N) is 2. The average molecular weight is 260 g/mol. The molecule has 4 heteroatoms. The smallest absolute Gasteiger partial charge is 0.250 e. The van der Waals surface area contributed by atoms with Crippen LogP contribution in [0.1, 0.15) is 39.0 Å². The molecule has 1 aliphatic heterocycles. The molecule has 1 fully saturated rings. The Bertz CT molecular complexity index is 493. The second-order valence-corrected chi connectivity index (χ2v) is 5.40. The third-order valence-corrected chi connectivity index (χ3v) is 3.99. The molecule has 1 aromatic rings. The molecule has 1 heterocycles. The van der Waals surface area contributed by atoms with Crippen molar-refractivity contribution in [3.8, 4) is 5.75 Å². The molecular weight excluding hydrogens is 240 g/mol. The molecule has 0 radical (unpaired) electrons. The minimum atomic E-state index is -0.392. The summed E-state index contributed by atoms with van der Waals surface area (Å²) in [7, 11) is 0. The lowest BCUT2D eigenvalue weighted by Gasteiger charge is -2.36. The van der Waals surface area contributed by atoms with Gasteiger partial charge in [-0.2, -0.15) is 0 Å². The fraction of sp³-hybridized carbons (Fsp3) is 0.533. The van der Waals surface area contributed by atoms with Crippen molar-refractivity contribution in [2.75, 3.05) is 17.2 Å². The maximum Gasteiger partial charge on any atom is 0.250 e. The zero-order chi connectivity index (χ0) is 13.3. The molecular formula is C15H20N2O2. The molecule has 2 N–H and O–H groups in total. The third-order valence-electron chi connectivity index (χ3n) is 3.99. The zero-order valence-corrected chi connectivity index (χ0v) is 11.3. The molecule has 3 rings (SSSR count). The van der Waals surface area contributed by atoms with Gasteiger partial charge in [-0.15, -0.1) is 0 Å². The number of amides is 1. The van der Waals surface area contributed by atoms with Crippen molar-refractivity contribution in [2.24, 2.45) is 0 Å². The van der Waals surface area contributed by atoms with E-state index in [2.05, 4.69) is 17.6 Å². The standard InChI is InChI=1S/C15H20N2O2/c1-2-10-19-12-7-5-6-11-13(12)16-14(18)15(17-11)8-3-4-9-15/h5-7,17H,2-4,8-10H2,1H3,(H,16,18). The summed E-state index contributed by atoms with van der Waals surface area (Å²) in [6, 6.07) is 5.88. The van der Waals surface area contributed by atoms with E-state index in [1.807, 2.05) is 18.2 Å². The first-order chi connectivity index (χ1) is 9.25. The van der Waals surface area contributed by atoms with E-state index in [9.17, 15) is 4.79 Å². The van der Waals surface area contributed by atoms with Crippen molar-refractivity contribution < 1.29 is 9.53 Å². The molecule has 0 aromatic heterocycles. The lowest BCUT2D eigenvalue weighted by atomic mass is 9.93. The summed E-state index contributed by atoms with van der Waals surface area (Å²) < 4.78 is 5.70. The molecule has 0 saturated heterocycles. The Kier molecular flexibility index (Phi) is 3.09. The summed E-state index contributed by atoms with van der Waals surface area (Å²) in [5, 5.41) is 6.49. The van der Waals surface area contributed by atoms with Crippen molar-refractivity contribution in [2.45, 2.75) is 44.6 Å². The number of anilines is 2. The lowest BCUT2D eigenvalue weighted by Crippen LogP contribution is -2.50. The number of hydrogen-bond acceptors (Lipinski definition) is 3. The van der Waals surface area contributed by atoms with E-state index in [4.69, 9.17) is 4.74 Å². The summed E-state index contributed by atoms with van der Waals surface area (Å²) in [5.74, 6) is 0.845. The fourth-order valence-corrected chi connectivity index (χ4v) is 2.97. The number of carbonyl (C=O) groups excluding carboxylic acids is 1. The number of para-hydroxylation sites is 1. The summed E-state index contributed by atoms with van der Waals surface area (Å²) >= 11 is 0. The van der Waals surface area contributed by atoms with Gasteiger partial charge in [0.15, 0.2) is 0 Å². The van der Waals surface area contributed by atoms with Gasteiger partial charge in [-0.3, -0.25) is 4.79 Å². The monoisotopic (exact) mass is 260 g/mol. The number of carbonyl (C=O) groups is 1. The lowest BCUT2D eigenvalue weighted by molar-refractivity contribution is -0.120. The van der Waals surface area contributed by atoms with Crippen molar-refractivity contribution in [3.63, 3.8) is 0 Å². The molecule has 0 unspecified atom stereocenters. The fourth-order valence-electron chi connectivity index (χ4n) is 2.97. The first kappa shape index (κ1) is 12.3. The van der Waals surface area contributed by atoms with Gasteiger partial charge in [0.25, 0.3) is 0 Å². The molecule has 0 atom stereocenters. The Morgan fingerprint density at radius 2 is 2.11 bits per heavy atom. The second-order valence-electron chi connectivity index (χ2n) is 5.40. The summed E-state index contributed by atoms with van der Waals surface area (Å²) in [4.78, 5) is 12.4. The highest BCUT2D eigenvalue weighted by atomic mass is 16.5. The molecule has 1 saturated carbocycles. The third kappa shape index (κ3) is 2.05. The number of benzene rings is 1. The molecule has 1 aliphatic carbocycles. The molecule has 4 nitrogen and oxygen atoms in total. The van der Waals surface area contributed by atoms with Gasteiger partial charge < -0.3 is 15.4 Å². The zero-order valence-electron chi connectivity index (χ0n) is 11.3. The average Bonchev–Trinajstić information content (AvgIpc) is 2.87. The first-order valence-electron chi connectivity index (χ1n) is 7.11. The van der Waals surface area contributed by atoms with Crippen LogP contribution in [0.15, 0.2) is 18.2 Å². The van der Waals surface area contributed by atoms with E-state index in [-0.39, 0.29) is 5.91 Å². The normalized spacial score (nSPS) is 19.7. The summed E-state index contributed by atoms with van der Waals surface area (Å²) in [6.45, 7) is 2.73. The second kappa shape index (κ2) is 4.76. The predicted octanol–water partition coefficient (Wildman–Crippen LogP) is 3.15. The van der Waals surface area contributed by atoms with E-state index in [0.717, 1.165) is 49.2 Å². The van der Waals surface area contributed by atoms with Crippen LogP contribution in [0.4, 0.5) is 11.4 Å². The van der Waals surface area contributed by atoms with Crippen LogP contribution in [0, 0.1) is 0 Å². The van der Waals surface area contributed by atoms with E-state index in [0.29, 0.717) is 6.61 Å². The van der Waals surface area contributed by atoms with Gasteiger partial charge in [0, 0.05) is 0 Å². The van der Waals surface area contributed by atoms with Gasteiger partial charge in [0.05, 0.1) is 12.3 Å². The summed E-state index contributed by atoms with van der Waals surface area (Å²) in [6.07, 6.45) is 5.01. The van der Waals surface area contributed by atoms with E-state index in [1.165, 1.54) is 0 Å². The van der Waals surface area contributed by atoms with Crippen molar-refractivity contribution >= 4 is 17.3 Å². The Morgan fingerprint density at radius 3 is 2.84 bits per heavy atom. The van der Waals surface area contributed by atoms with Crippen molar-refractivity contribution in [1.82, 2.24) is 0 Å². The van der Waals surface area contributed by atoms with Crippen LogP contribution >= 0.6 is 0 Å². The van der Waals surface area contributed by atoms with E-state index < -0.39 is 5.54 Å². The van der Waals surface area contributed by atoms with Gasteiger partial charge in [0.1, 0.15) is 17.0 Å². The molecule has 102 valence electrons. The van der Waals surface area contributed by atoms with Gasteiger partial charge in [-0.05, 0) is 31.4 Å². The SMILES string of the molecule is CCCOc1cccc2c1NC(=O)C1(CCCC1)N2. The maximum absolute atomic E-state index is 12.4. The number of hydrogen-bond donors (Lipinski definition) is 2. The van der Waals surface area contributed by atoms with Gasteiger partial charge in [-0.1, -0.05) is 25.8 Å². The highest BCUT2D eigenvalue weighted by Gasteiger charge is 2.44. The van der Waals surface area contributed by atoms with Crippen LogP contribution in [0.3, 0.4) is 0 Å². The molecule has 1 amide bonds. The Balaban J connectivity index is 1.92. The number of rotatable bonds is 3. The molecule has 1 spiro atoms. The van der Waals surface area contributed by atoms with Gasteiger partial charge >= 0.3 is 0 Å². The Morgan fingerprint density at radius 1 is 1.32 bits per heavy atom. The van der Waals surface area contributed by atoms with Crippen LogP contribution in [0.2, 0.25) is 0 Å². The van der Waals surface area contributed by atoms with Crippen molar-refractivity contribution in [3.05, 3.63) is 18.2 Å². The van der Waals surface area contributed by atoms with Gasteiger partial charge in [0.2, 0.25) is 5.91 Å². The van der Waals surface area contributed by atoms with Crippen LogP contribution in [0.5, 0.6) is 5.75 Å². The highest BCUT2D eigenvalue weighted by molar-refractivity contribution is 6.07. The quantitative estimate of drug-likeness (QED) is 0.877. The summed E-state index contributed by atoms with van der Waals surface area (Å²) in [5.41, 5.74) is 1.38. The van der Waals surface area contributed by atoms with Crippen molar-refractivity contribution in [1.29, 1.82) is 0 Å².